The van der Waals surface area contributed by atoms with Crippen LogP contribution in [0, 0.1) is 5.92 Å². The fraction of sp³-hybridized carbons (Fsp3) is 0.700. The highest BCUT2D eigenvalue weighted by molar-refractivity contribution is 5.20. The monoisotopic (exact) mass is 179 g/mol. The van der Waals surface area contributed by atoms with E-state index in [9.17, 15) is 0 Å². The molecule has 2 unspecified atom stereocenters. The summed E-state index contributed by atoms with van der Waals surface area (Å²) < 4.78 is 2.04. The zero-order chi connectivity index (χ0) is 9.47. The van der Waals surface area contributed by atoms with Crippen molar-refractivity contribution in [1.29, 1.82) is 0 Å². The molecule has 0 radical (unpaired) electrons. The van der Waals surface area contributed by atoms with Gasteiger partial charge in [0, 0.05) is 19.4 Å². The van der Waals surface area contributed by atoms with Crippen LogP contribution >= 0.6 is 0 Å². The second-order valence-corrected chi connectivity index (χ2v) is 4.09. The lowest BCUT2D eigenvalue weighted by Gasteiger charge is -2.10. The van der Waals surface area contributed by atoms with E-state index in [0.717, 1.165) is 12.2 Å². The van der Waals surface area contributed by atoms with E-state index in [-0.39, 0.29) is 5.54 Å². The molecule has 1 fully saturated rings. The van der Waals surface area contributed by atoms with Crippen molar-refractivity contribution in [3.63, 3.8) is 0 Å². The Morgan fingerprint density at radius 1 is 1.77 bits per heavy atom. The summed E-state index contributed by atoms with van der Waals surface area (Å²) >= 11 is 0. The minimum Gasteiger partial charge on any atom is -0.336 e. The molecule has 1 heterocycles. The van der Waals surface area contributed by atoms with Gasteiger partial charge in [0.15, 0.2) is 0 Å². The van der Waals surface area contributed by atoms with Crippen LogP contribution in [0.25, 0.3) is 0 Å². The van der Waals surface area contributed by atoms with Gasteiger partial charge < -0.3 is 10.3 Å². The Bertz CT molecular complexity index is 305. The number of imidazole rings is 1. The molecule has 1 aromatic heterocycles. The van der Waals surface area contributed by atoms with Gasteiger partial charge in [-0.3, -0.25) is 0 Å². The Hall–Kier alpha value is -0.830. The molecule has 1 aliphatic carbocycles. The Labute approximate surface area is 79.0 Å². The van der Waals surface area contributed by atoms with Gasteiger partial charge in [-0.1, -0.05) is 13.3 Å². The highest BCUT2D eigenvalue weighted by Gasteiger charge is 2.53. The van der Waals surface area contributed by atoms with E-state index in [1.807, 2.05) is 24.0 Å². The van der Waals surface area contributed by atoms with E-state index in [4.69, 9.17) is 5.73 Å². The van der Waals surface area contributed by atoms with Crippen LogP contribution in [-0.4, -0.2) is 9.55 Å². The lowest BCUT2D eigenvalue weighted by molar-refractivity contribution is 0.538. The van der Waals surface area contributed by atoms with Crippen LogP contribution in [0.1, 0.15) is 32.0 Å². The first-order valence-electron chi connectivity index (χ1n) is 4.95. The molecule has 0 aromatic carbocycles. The summed E-state index contributed by atoms with van der Waals surface area (Å²) in [6, 6.07) is 0. The van der Waals surface area contributed by atoms with Crippen molar-refractivity contribution in [3.8, 4) is 0 Å². The molecule has 0 spiro atoms. The van der Waals surface area contributed by atoms with Crippen LogP contribution < -0.4 is 5.73 Å². The SMILES string of the molecule is CCCC1CC1(N)c1nccn1C. The smallest absolute Gasteiger partial charge is 0.128 e. The second-order valence-electron chi connectivity index (χ2n) is 4.09. The zero-order valence-electron chi connectivity index (χ0n) is 8.33. The third-order valence-corrected chi connectivity index (χ3v) is 3.03. The molecular weight excluding hydrogens is 162 g/mol. The zero-order valence-corrected chi connectivity index (χ0v) is 8.33. The Morgan fingerprint density at radius 3 is 3.08 bits per heavy atom. The van der Waals surface area contributed by atoms with Crippen molar-refractivity contribution < 1.29 is 0 Å². The molecule has 13 heavy (non-hydrogen) atoms. The summed E-state index contributed by atoms with van der Waals surface area (Å²) in [5.74, 6) is 1.70. The molecule has 1 saturated carbocycles. The summed E-state index contributed by atoms with van der Waals surface area (Å²) in [4.78, 5) is 4.32. The van der Waals surface area contributed by atoms with Gasteiger partial charge in [-0.15, -0.1) is 0 Å². The van der Waals surface area contributed by atoms with Crippen LogP contribution in [0.5, 0.6) is 0 Å². The van der Waals surface area contributed by atoms with Crippen molar-refractivity contribution in [2.75, 3.05) is 0 Å². The Balaban J connectivity index is 2.15. The number of nitrogens with zero attached hydrogens (tertiary/aromatic N) is 2. The number of aromatic nitrogens is 2. The molecule has 2 rings (SSSR count). The normalized spacial score (nSPS) is 32.1. The third kappa shape index (κ3) is 1.27. The molecule has 1 aromatic rings. The molecular formula is C10H17N3. The number of hydrogen-bond donors (Lipinski definition) is 1. The topological polar surface area (TPSA) is 43.8 Å². The van der Waals surface area contributed by atoms with Gasteiger partial charge >= 0.3 is 0 Å². The molecule has 3 nitrogen and oxygen atoms in total. The number of rotatable bonds is 3. The summed E-state index contributed by atoms with van der Waals surface area (Å²) in [6.45, 7) is 2.21. The van der Waals surface area contributed by atoms with E-state index in [1.165, 1.54) is 12.8 Å². The second kappa shape index (κ2) is 2.84. The van der Waals surface area contributed by atoms with Gasteiger partial charge in [0.2, 0.25) is 0 Å². The van der Waals surface area contributed by atoms with Crippen molar-refractivity contribution in [3.05, 3.63) is 18.2 Å². The molecule has 0 saturated heterocycles. The van der Waals surface area contributed by atoms with Crippen molar-refractivity contribution in [1.82, 2.24) is 9.55 Å². The minimum absolute atomic E-state index is 0.117. The van der Waals surface area contributed by atoms with Gasteiger partial charge in [0.25, 0.3) is 0 Å². The molecule has 1 aliphatic rings. The average Bonchev–Trinajstić information content (AvgIpc) is 2.56. The predicted octanol–water partition coefficient (Wildman–Crippen LogP) is 1.39. The number of nitrogens with two attached hydrogens (primary N) is 1. The van der Waals surface area contributed by atoms with Crippen molar-refractivity contribution in [2.24, 2.45) is 18.7 Å². The molecule has 0 amide bonds. The summed E-state index contributed by atoms with van der Waals surface area (Å²) in [6.07, 6.45) is 7.33. The minimum atomic E-state index is -0.117. The van der Waals surface area contributed by atoms with Crippen LogP contribution in [0.3, 0.4) is 0 Å². The van der Waals surface area contributed by atoms with E-state index in [1.54, 1.807) is 0 Å². The highest BCUT2D eigenvalue weighted by Crippen LogP contribution is 2.51. The van der Waals surface area contributed by atoms with Crippen molar-refractivity contribution in [2.45, 2.75) is 31.7 Å². The van der Waals surface area contributed by atoms with E-state index < -0.39 is 0 Å². The first-order valence-corrected chi connectivity index (χ1v) is 4.95. The first-order chi connectivity index (χ1) is 6.18. The van der Waals surface area contributed by atoms with Gasteiger partial charge in [0.1, 0.15) is 5.82 Å². The molecule has 3 heteroatoms. The van der Waals surface area contributed by atoms with Crippen LogP contribution in [0.2, 0.25) is 0 Å². The van der Waals surface area contributed by atoms with E-state index >= 15 is 0 Å². The lowest BCUT2D eigenvalue weighted by Crippen LogP contribution is -2.26. The fourth-order valence-electron chi connectivity index (χ4n) is 2.14. The number of hydrogen-bond acceptors (Lipinski definition) is 2. The summed E-state index contributed by atoms with van der Waals surface area (Å²) in [5.41, 5.74) is 6.14. The third-order valence-electron chi connectivity index (χ3n) is 3.03. The average molecular weight is 179 g/mol. The standard InChI is InChI=1S/C10H17N3/c1-3-4-8-7-10(8,11)9-12-5-6-13(9)2/h5-6,8H,3-4,7,11H2,1-2H3. The molecule has 72 valence electrons. The van der Waals surface area contributed by atoms with E-state index in [0.29, 0.717) is 5.92 Å². The molecule has 2 atom stereocenters. The molecule has 2 N–H and O–H groups in total. The Kier molecular flexibility index (Phi) is 1.91. The van der Waals surface area contributed by atoms with Crippen LogP contribution in [0.4, 0.5) is 0 Å². The van der Waals surface area contributed by atoms with Crippen LogP contribution in [-0.2, 0) is 12.6 Å². The fourth-order valence-corrected chi connectivity index (χ4v) is 2.14. The van der Waals surface area contributed by atoms with Crippen LogP contribution in [0.15, 0.2) is 12.4 Å². The Morgan fingerprint density at radius 2 is 2.54 bits per heavy atom. The maximum Gasteiger partial charge on any atom is 0.128 e. The maximum atomic E-state index is 6.26. The van der Waals surface area contributed by atoms with Crippen molar-refractivity contribution >= 4 is 0 Å². The van der Waals surface area contributed by atoms with Gasteiger partial charge in [0.05, 0.1) is 5.54 Å². The maximum absolute atomic E-state index is 6.26. The first kappa shape index (κ1) is 8.75. The number of aryl methyl sites for hydroxylation is 1. The lowest BCUT2D eigenvalue weighted by atomic mass is 10.1. The molecule has 0 bridgehead atoms. The predicted molar refractivity (Wildman–Crippen MR) is 52.1 cm³/mol. The largest absolute Gasteiger partial charge is 0.336 e. The quantitative estimate of drug-likeness (QED) is 0.762. The summed E-state index contributed by atoms with van der Waals surface area (Å²) in [5, 5.41) is 0. The summed E-state index contributed by atoms with van der Waals surface area (Å²) in [7, 11) is 2.01. The molecule has 0 aliphatic heterocycles. The van der Waals surface area contributed by atoms with Gasteiger partial charge in [-0.25, -0.2) is 4.98 Å². The van der Waals surface area contributed by atoms with Gasteiger partial charge in [-0.2, -0.15) is 0 Å². The highest BCUT2D eigenvalue weighted by atomic mass is 15.1. The van der Waals surface area contributed by atoms with E-state index in [2.05, 4.69) is 11.9 Å². The van der Waals surface area contributed by atoms with Gasteiger partial charge in [-0.05, 0) is 18.8 Å².